The van der Waals surface area contributed by atoms with Crippen LogP contribution in [0, 0.1) is 0 Å². The average Bonchev–Trinajstić information content (AvgIpc) is 3.36. The Balaban J connectivity index is 1.86. The monoisotopic (exact) mass is 467 g/mol. The van der Waals surface area contributed by atoms with E-state index in [0.717, 1.165) is 11.3 Å². The van der Waals surface area contributed by atoms with Crippen LogP contribution >= 0.6 is 11.3 Å². The molecule has 0 spiro atoms. The standard InChI is InChI=1S/C26H29NO5S/c1-5-11-32-26(29)22-15(2)27-18-13-16(21-10-7-12-33-21)14-19(28)24(18)23(22)17-8-6-9-20(30-3)25(17)31-4/h6-10,12,16,23,27H,5,11,13-14H2,1-4H3. The molecule has 2 atom stereocenters. The molecule has 174 valence electrons. The van der Waals surface area contributed by atoms with Gasteiger partial charge >= 0.3 is 5.97 Å². The van der Waals surface area contributed by atoms with Crippen LogP contribution < -0.4 is 14.8 Å². The molecule has 6 nitrogen and oxygen atoms in total. The van der Waals surface area contributed by atoms with Gasteiger partial charge in [-0.15, -0.1) is 11.3 Å². The van der Waals surface area contributed by atoms with Crippen molar-refractivity contribution in [3.8, 4) is 11.5 Å². The minimum absolute atomic E-state index is 0.0327. The topological polar surface area (TPSA) is 73.9 Å². The van der Waals surface area contributed by atoms with E-state index in [1.165, 1.54) is 4.88 Å². The smallest absolute Gasteiger partial charge is 0.336 e. The summed E-state index contributed by atoms with van der Waals surface area (Å²) in [6.07, 6.45) is 1.83. The van der Waals surface area contributed by atoms with Gasteiger partial charge in [-0.25, -0.2) is 4.79 Å². The maximum Gasteiger partial charge on any atom is 0.336 e. The lowest BCUT2D eigenvalue weighted by Crippen LogP contribution is -2.36. The number of rotatable bonds is 7. The zero-order valence-corrected chi connectivity index (χ0v) is 20.2. The van der Waals surface area contributed by atoms with Crippen molar-refractivity contribution in [2.45, 2.75) is 44.9 Å². The maximum atomic E-state index is 13.6. The molecule has 1 aliphatic carbocycles. The molecule has 1 N–H and O–H groups in total. The van der Waals surface area contributed by atoms with E-state index in [4.69, 9.17) is 14.2 Å². The van der Waals surface area contributed by atoms with Gasteiger partial charge in [-0.05, 0) is 37.3 Å². The molecule has 1 aromatic carbocycles. The van der Waals surface area contributed by atoms with Crippen molar-refractivity contribution in [3.63, 3.8) is 0 Å². The van der Waals surface area contributed by atoms with Crippen LogP contribution in [0.4, 0.5) is 0 Å². The van der Waals surface area contributed by atoms with Crippen LogP contribution in [0.15, 0.2) is 58.3 Å². The number of thiophene rings is 1. The number of benzene rings is 1. The Labute approximate surface area is 198 Å². The zero-order valence-electron chi connectivity index (χ0n) is 19.4. The molecule has 2 unspecified atom stereocenters. The van der Waals surface area contributed by atoms with Crippen molar-refractivity contribution < 1.29 is 23.8 Å². The van der Waals surface area contributed by atoms with E-state index in [0.29, 0.717) is 54.2 Å². The molecule has 0 fully saturated rings. The van der Waals surface area contributed by atoms with Crippen LogP contribution in [0.3, 0.4) is 0 Å². The molecule has 33 heavy (non-hydrogen) atoms. The third-order valence-electron chi connectivity index (χ3n) is 6.17. The number of methoxy groups -OCH3 is 2. The molecule has 2 aromatic rings. The number of para-hydroxylation sites is 1. The Kier molecular flexibility index (Phi) is 6.88. The van der Waals surface area contributed by atoms with Gasteiger partial charge in [0.05, 0.1) is 32.3 Å². The first-order chi connectivity index (χ1) is 16.0. The highest BCUT2D eigenvalue weighted by Crippen LogP contribution is 2.49. The number of hydrogen-bond donors (Lipinski definition) is 1. The second-order valence-corrected chi connectivity index (χ2v) is 9.23. The number of allylic oxidation sites excluding steroid dienone is 3. The van der Waals surface area contributed by atoms with Crippen LogP contribution in [0.2, 0.25) is 0 Å². The third-order valence-corrected chi connectivity index (χ3v) is 7.21. The van der Waals surface area contributed by atoms with E-state index in [-0.39, 0.29) is 11.7 Å². The summed E-state index contributed by atoms with van der Waals surface area (Å²) in [5.74, 6) is 0.210. The quantitative estimate of drug-likeness (QED) is 0.573. The fraction of sp³-hybridized carbons (Fsp3) is 0.385. The summed E-state index contributed by atoms with van der Waals surface area (Å²) in [6, 6.07) is 9.64. The molecule has 0 amide bonds. The molecule has 2 aliphatic rings. The fourth-order valence-corrected chi connectivity index (χ4v) is 5.59. The first kappa shape index (κ1) is 23.1. The average molecular weight is 468 g/mol. The Morgan fingerprint density at radius 3 is 2.64 bits per heavy atom. The zero-order chi connectivity index (χ0) is 23.5. The van der Waals surface area contributed by atoms with Gasteiger partial charge in [-0.3, -0.25) is 4.79 Å². The van der Waals surface area contributed by atoms with E-state index in [1.54, 1.807) is 31.6 Å². The van der Waals surface area contributed by atoms with E-state index in [9.17, 15) is 9.59 Å². The predicted octanol–water partition coefficient (Wildman–Crippen LogP) is 5.08. The highest BCUT2D eigenvalue weighted by Gasteiger charge is 2.43. The minimum atomic E-state index is -0.590. The van der Waals surface area contributed by atoms with Gasteiger partial charge in [0.15, 0.2) is 17.3 Å². The van der Waals surface area contributed by atoms with Crippen molar-refractivity contribution in [1.82, 2.24) is 5.32 Å². The van der Waals surface area contributed by atoms with E-state index >= 15 is 0 Å². The normalized spacial score (nSPS) is 20.3. The van der Waals surface area contributed by atoms with Gasteiger partial charge in [-0.2, -0.15) is 0 Å². The van der Waals surface area contributed by atoms with Crippen LogP contribution in [-0.2, 0) is 14.3 Å². The molecule has 0 saturated carbocycles. The number of carbonyl (C=O) groups excluding carboxylic acids is 2. The first-order valence-electron chi connectivity index (χ1n) is 11.2. The molecule has 1 aliphatic heterocycles. The fourth-order valence-electron chi connectivity index (χ4n) is 4.76. The van der Waals surface area contributed by atoms with Crippen molar-refractivity contribution in [2.75, 3.05) is 20.8 Å². The third kappa shape index (κ3) is 4.29. The second kappa shape index (κ2) is 9.83. The highest BCUT2D eigenvalue weighted by atomic mass is 32.1. The summed E-state index contributed by atoms with van der Waals surface area (Å²) in [5, 5.41) is 5.42. The lowest BCUT2D eigenvalue weighted by atomic mass is 9.72. The molecular weight excluding hydrogens is 438 g/mol. The van der Waals surface area contributed by atoms with Crippen LogP contribution in [0.5, 0.6) is 11.5 Å². The van der Waals surface area contributed by atoms with Crippen LogP contribution in [0.25, 0.3) is 0 Å². The Hall–Kier alpha value is -3.06. The van der Waals surface area contributed by atoms with Gasteiger partial charge in [0, 0.05) is 39.7 Å². The summed E-state index contributed by atoms with van der Waals surface area (Å²) >= 11 is 1.67. The molecule has 1 aromatic heterocycles. The van der Waals surface area contributed by atoms with Crippen molar-refractivity contribution in [2.24, 2.45) is 0 Å². The summed E-state index contributed by atoms with van der Waals surface area (Å²) in [5.41, 5.74) is 3.34. The van der Waals surface area contributed by atoms with Gasteiger partial charge < -0.3 is 19.5 Å². The predicted molar refractivity (Wildman–Crippen MR) is 128 cm³/mol. The molecule has 4 rings (SSSR count). The number of Topliss-reactive ketones (excluding diaryl/α,β-unsaturated/α-hetero) is 1. The number of ketones is 1. The Morgan fingerprint density at radius 2 is 1.97 bits per heavy atom. The van der Waals surface area contributed by atoms with E-state index < -0.39 is 11.9 Å². The lowest BCUT2D eigenvalue weighted by molar-refractivity contribution is -0.139. The molecule has 0 radical (unpaired) electrons. The summed E-state index contributed by atoms with van der Waals surface area (Å²) in [7, 11) is 3.14. The summed E-state index contributed by atoms with van der Waals surface area (Å²) < 4.78 is 16.8. The minimum Gasteiger partial charge on any atom is -0.493 e. The lowest BCUT2D eigenvalue weighted by Gasteiger charge is -2.36. The molecule has 0 bridgehead atoms. The maximum absolute atomic E-state index is 13.6. The van der Waals surface area contributed by atoms with Crippen molar-refractivity contribution in [1.29, 1.82) is 0 Å². The summed E-state index contributed by atoms with van der Waals surface area (Å²) in [6.45, 7) is 4.13. The summed E-state index contributed by atoms with van der Waals surface area (Å²) in [4.78, 5) is 28.0. The number of esters is 1. The number of hydrogen-bond acceptors (Lipinski definition) is 7. The first-order valence-corrected chi connectivity index (χ1v) is 12.0. The van der Waals surface area contributed by atoms with Gasteiger partial charge in [-0.1, -0.05) is 25.1 Å². The van der Waals surface area contributed by atoms with Crippen molar-refractivity contribution >= 4 is 23.1 Å². The number of carbonyl (C=O) groups is 2. The van der Waals surface area contributed by atoms with Crippen molar-refractivity contribution in [3.05, 3.63) is 68.7 Å². The number of nitrogens with one attached hydrogen (secondary N) is 1. The SMILES string of the molecule is CCCOC(=O)C1=C(C)NC2=C(C(=O)CC(c3cccs3)C2)C1c1cccc(OC)c1OC. The second-order valence-electron chi connectivity index (χ2n) is 8.25. The molecule has 2 heterocycles. The highest BCUT2D eigenvalue weighted by molar-refractivity contribution is 7.10. The van der Waals surface area contributed by atoms with Crippen LogP contribution in [0.1, 0.15) is 55.4 Å². The Bertz CT molecular complexity index is 1120. The van der Waals surface area contributed by atoms with E-state index in [1.807, 2.05) is 37.4 Å². The molecule has 0 saturated heterocycles. The number of dihydropyridines is 1. The van der Waals surface area contributed by atoms with E-state index in [2.05, 4.69) is 11.4 Å². The van der Waals surface area contributed by atoms with Gasteiger partial charge in [0.25, 0.3) is 0 Å². The van der Waals surface area contributed by atoms with Crippen LogP contribution in [-0.4, -0.2) is 32.6 Å². The largest absolute Gasteiger partial charge is 0.493 e. The van der Waals surface area contributed by atoms with Gasteiger partial charge in [0.1, 0.15) is 0 Å². The van der Waals surface area contributed by atoms with Gasteiger partial charge in [0.2, 0.25) is 0 Å². The molecule has 7 heteroatoms. The number of ether oxygens (including phenoxy) is 3. The molecular formula is C26H29NO5S. The Morgan fingerprint density at radius 1 is 1.15 bits per heavy atom.